The number of ether oxygens (including phenoxy) is 1. The molecule has 2 N–H and O–H groups in total. The number of para-hydroxylation sites is 2. The lowest BCUT2D eigenvalue weighted by Crippen LogP contribution is -2.26. The lowest BCUT2D eigenvalue weighted by molar-refractivity contribution is -0.118. The van der Waals surface area contributed by atoms with Crippen LogP contribution in [0.3, 0.4) is 0 Å². The van der Waals surface area contributed by atoms with Gasteiger partial charge in [-0.25, -0.2) is 9.66 Å². The fourth-order valence-corrected chi connectivity index (χ4v) is 2.44. The number of benzene rings is 2. The molecule has 0 aliphatic carbocycles. The molecule has 7 nitrogen and oxygen atoms in total. The van der Waals surface area contributed by atoms with Crippen LogP contribution in [0, 0.1) is 0 Å². The molecule has 0 spiro atoms. The first-order valence-electron chi connectivity index (χ1n) is 7.01. The largest absolute Gasteiger partial charge is 0.482 e. The minimum absolute atomic E-state index is 0.0514. The smallest absolute Gasteiger partial charge is 0.270 e. The molecule has 2 aromatic carbocycles. The van der Waals surface area contributed by atoms with Crippen LogP contribution >= 0.6 is 0 Å². The monoisotopic (exact) mass is 308 g/mol. The fraction of sp³-hybridized carbons (Fsp3) is 0.0625. The average Bonchev–Trinajstić information content (AvgIpc) is 2.97. The molecular formula is C16H12N4O3. The molecule has 3 aromatic rings. The third-order valence-electron chi connectivity index (χ3n) is 3.55. The van der Waals surface area contributed by atoms with Gasteiger partial charge in [-0.1, -0.05) is 12.1 Å². The van der Waals surface area contributed by atoms with Crippen molar-refractivity contribution in [1.29, 1.82) is 0 Å². The van der Waals surface area contributed by atoms with E-state index in [1.807, 2.05) is 24.3 Å². The number of imidazole rings is 1. The minimum atomic E-state index is -0.295. The Morgan fingerprint density at radius 2 is 2.13 bits per heavy atom. The van der Waals surface area contributed by atoms with Crippen molar-refractivity contribution in [2.75, 3.05) is 17.3 Å². The van der Waals surface area contributed by atoms with Gasteiger partial charge in [0.15, 0.2) is 6.61 Å². The second kappa shape index (κ2) is 5.13. The molecule has 1 aliphatic heterocycles. The van der Waals surface area contributed by atoms with Crippen LogP contribution in [0.1, 0.15) is 10.4 Å². The van der Waals surface area contributed by atoms with Gasteiger partial charge >= 0.3 is 0 Å². The Labute approximate surface area is 130 Å². The van der Waals surface area contributed by atoms with Gasteiger partial charge in [-0.3, -0.25) is 15.0 Å². The Kier molecular flexibility index (Phi) is 2.97. The second-order valence-electron chi connectivity index (χ2n) is 5.09. The number of aromatic nitrogens is 2. The van der Waals surface area contributed by atoms with Crippen LogP contribution in [0.25, 0.3) is 11.0 Å². The summed E-state index contributed by atoms with van der Waals surface area (Å²) in [6, 6.07) is 12.4. The zero-order chi connectivity index (χ0) is 15.8. The Hall–Kier alpha value is -3.35. The minimum Gasteiger partial charge on any atom is -0.482 e. The highest BCUT2D eigenvalue weighted by Gasteiger charge is 2.18. The van der Waals surface area contributed by atoms with Crippen LogP contribution in [0.2, 0.25) is 0 Å². The molecule has 2 heterocycles. The summed E-state index contributed by atoms with van der Waals surface area (Å²) in [5.74, 6) is -0.0243. The van der Waals surface area contributed by atoms with Crippen molar-refractivity contribution in [1.82, 2.24) is 9.66 Å². The van der Waals surface area contributed by atoms with E-state index >= 15 is 0 Å². The maximum absolute atomic E-state index is 12.4. The van der Waals surface area contributed by atoms with Gasteiger partial charge in [0.2, 0.25) is 0 Å². The molecule has 0 saturated carbocycles. The van der Waals surface area contributed by atoms with Gasteiger partial charge in [0.25, 0.3) is 11.8 Å². The van der Waals surface area contributed by atoms with E-state index in [2.05, 4.69) is 15.7 Å². The van der Waals surface area contributed by atoms with Crippen molar-refractivity contribution in [3.8, 4) is 5.75 Å². The van der Waals surface area contributed by atoms with E-state index in [0.29, 0.717) is 17.0 Å². The van der Waals surface area contributed by atoms with Crippen LogP contribution < -0.4 is 15.5 Å². The van der Waals surface area contributed by atoms with Crippen LogP contribution in [0.15, 0.2) is 48.8 Å². The molecule has 23 heavy (non-hydrogen) atoms. The van der Waals surface area contributed by atoms with E-state index in [-0.39, 0.29) is 18.4 Å². The Bertz CT molecular complexity index is 932. The number of anilines is 1. The predicted octanol–water partition coefficient (Wildman–Crippen LogP) is 1.75. The maximum atomic E-state index is 12.4. The summed E-state index contributed by atoms with van der Waals surface area (Å²) in [4.78, 5) is 27.9. The lowest BCUT2D eigenvalue weighted by atomic mass is 10.1. The van der Waals surface area contributed by atoms with Gasteiger partial charge in [-0.05, 0) is 30.3 Å². The average molecular weight is 308 g/mol. The molecule has 0 radical (unpaired) electrons. The summed E-state index contributed by atoms with van der Waals surface area (Å²) < 4.78 is 6.89. The van der Waals surface area contributed by atoms with Crippen molar-refractivity contribution in [2.45, 2.75) is 0 Å². The fourth-order valence-electron chi connectivity index (χ4n) is 2.44. The summed E-state index contributed by atoms with van der Waals surface area (Å²) in [5.41, 5.74) is 5.36. The predicted molar refractivity (Wildman–Crippen MR) is 84.0 cm³/mol. The highest BCUT2D eigenvalue weighted by molar-refractivity contribution is 6.02. The van der Waals surface area contributed by atoms with Crippen LogP contribution in [-0.2, 0) is 4.79 Å². The van der Waals surface area contributed by atoms with E-state index in [9.17, 15) is 9.59 Å². The topological polar surface area (TPSA) is 85.2 Å². The van der Waals surface area contributed by atoms with E-state index in [1.54, 1.807) is 29.2 Å². The van der Waals surface area contributed by atoms with Crippen molar-refractivity contribution >= 4 is 28.5 Å². The number of hydrogen-bond donors (Lipinski definition) is 2. The van der Waals surface area contributed by atoms with E-state index in [4.69, 9.17) is 4.74 Å². The van der Waals surface area contributed by atoms with Gasteiger partial charge in [-0.2, -0.15) is 0 Å². The second-order valence-corrected chi connectivity index (χ2v) is 5.09. The number of fused-ring (bicyclic) bond motifs is 2. The molecular weight excluding hydrogens is 296 g/mol. The summed E-state index contributed by atoms with van der Waals surface area (Å²) >= 11 is 0. The number of amides is 2. The summed E-state index contributed by atoms with van der Waals surface area (Å²) in [6.07, 6.45) is 1.55. The van der Waals surface area contributed by atoms with Crippen molar-refractivity contribution < 1.29 is 14.3 Å². The Balaban J connectivity index is 1.61. The Morgan fingerprint density at radius 3 is 3.04 bits per heavy atom. The molecule has 114 valence electrons. The van der Waals surface area contributed by atoms with Gasteiger partial charge in [0.1, 0.15) is 12.1 Å². The first-order valence-corrected chi connectivity index (χ1v) is 7.01. The number of rotatable bonds is 2. The summed E-state index contributed by atoms with van der Waals surface area (Å²) in [6.45, 7) is -0.0514. The van der Waals surface area contributed by atoms with Crippen LogP contribution in [0.4, 0.5) is 5.69 Å². The zero-order valence-electron chi connectivity index (χ0n) is 11.9. The van der Waals surface area contributed by atoms with Crippen molar-refractivity contribution in [3.05, 3.63) is 54.4 Å². The molecule has 0 saturated heterocycles. The SMILES string of the molecule is O=C1COc2cc(C(=O)Nn3cnc4ccccc43)ccc2N1. The normalized spacial score (nSPS) is 13.1. The highest BCUT2D eigenvalue weighted by atomic mass is 16.5. The van der Waals surface area contributed by atoms with Gasteiger partial charge < -0.3 is 10.1 Å². The molecule has 4 rings (SSSR count). The molecule has 2 amide bonds. The van der Waals surface area contributed by atoms with Crippen LogP contribution in [-0.4, -0.2) is 28.1 Å². The standard InChI is InChI=1S/C16H12N4O3/c21-15-8-23-14-7-10(5-6-12(14)18-15)16(22)19-20-9-17-11-3-1-2-4-13(11)20/h1-7,9H,8H2,(H,18,21)(H,19,22). The first-order chi connectivity index (χ1) is 11.2. The van der Waals surface area contributed by atoms with E-state index in [0.717, 1.165) is 11.0 Å². The van der Waals surface area contributed by atoms with Gasteiger partial charge in [0, 0.05) is 5.56 Å². The van der Waals surface area contributed by atoms with Gasteiger partial charge in [-0.15, -0.1) is 0 Å². The quantitative estimate of drug-likeness (QED) is 0.755. The molecule has 0 unspecified atom stereocenters. The summed E-state index contributed by atoms with van der Waals surface area (Å²) in [7, 11) is 0. The number of carbonyl (C=O) groups excluding carboxylic acids is 2. The zero-order valence-corrected chi connectivity index (χ0v) is 11.9. The van der Waals surface area contributed by atoms with Crippen molar-refractivity contribution in [3.63, 3.8) is 0 Å². The molecule has 0 bridgehead atoms. The lowest BCUT2D eigenvalue weighted by Gasteiger charge is -2.18. The summed E-state index contributed by atoms with van der Waals surface area (Å²) in [5, 5.41) is 2.68. The number of hydrogen-bond acceptors (Lipinski definition) is 4. The van der Waals surface area contributed by atoms with E-state index < -0.39 is 0 Å². The molecule has 7 heteroatoms. The van der Waals surface area contributed by atoms with E-state index in [1.165, 1.54) is 0 Å². The van der Waals surface area contributed by atoms with Crippen LogP contribution in [0.5, 0.6) is 5.75 Å². The molecule has 1 aliphatic rings. The number of carbonyl (C=O) groups is 2. The Morgan fingerprint density at radius 1 is 1.26 bits per heavy atom. The van der Waals surface area contributed by atoms with Gasteiger partial charge in [0.05, 0.1) is 16.7 Å². The maximum Gasteiger partial charge on any atom is 0.270 e. The molecule has 0 atom stereocenters. The third-order valence-corrected chi connectivity index (χ3v) is 3.55. The first kappa shape index (κ1) is 13.3. The number of nitrogens with one attached hydrogen (secondary N) is 2. The molecule has 1 aromatic heterocycles. The molecule has 0 fully saturated rings. The number of nitrogens with zero attached hydrogens (tertiary/aromatic N) is 2. The van der Waals surface area contributed by atoms with Crippen molar-refractivity contribution in [2.24, 2.45) is 0 Å². The highest BCUT2D eigenvalue weighted by Crippen LogP contribution is 2.28. The third kappa shape index (κ3) is 2.38.